The number of anilines is 1. The number of nitrogens with zero attached hydrogens (tertiary/aromatic N) is 2. The zero-order chi connectivity index (χ0) is 21.1. The van der Waals surface area contributed by atoms with E-state index in [1.807, 2.05) is 0 Å². The molecule has 1 saturated heterocycles. The van der Waals surface area contributed by atoms with Crippen molar-refractivity contribution in [1.82, 2.24) is 15.3 Å². The van der Waals surface area contributed by atoms with E-state index < -0.39 is 29.6 Å². The number of halogens is 2. The number of hydrazine groups is 1. The van der Waals surface area contributed by atoms with Gasteiger partial charge in [0.1, 0.15) is 11.9 Å². The van der Waals surface area contributed by atoms with Crippen LogP contribution < -0.4 is 10.7 Å². The molecule has 0 radical (unpaired) electrons. The molecule has 1 aliphatic heterocycles. The van der Waals surface area contributed by atoms with Gasteiger partial charge in [0.05, 0.1) is 6.42 Å². The van der Waals surface area contributed by atoms with Gasteiger partial charge in [-0.1, -0.05) is 11.6 Å². The molecule has 0 spiro atoms. The predicted molar refractivity (Wildman–Crippen MR) is 110 cm³/mol. The number of carbonyl (C=O) groups excluding carboxylic acids is 3. The molecule has 29 heavy (non-hydrogen) atoms. The quantitative estimate of drug-likeness (QED) is 0.707. The van der Waals surface area contributed by atoms with Crippen LogP contribution in [0, 0.1) is 5.82 Å². The van der Waals surface area contributed by atoms with Gasteiger partial charge in [-0.05, 0) is 60.7 Å². The highest BCUT2D eigenvalue weighted by Gasteiger charge is 2.42. The van der Waals surface area contributed by atoms with Crippen LogP contribution >= 0.6 is 23.8 Å². The molecular weight excluding hydrogens is 419 g/mol. The molecule has 150 valence electrons. The molecule has 0 unspecified atom stereocenters. The average molecular weight is 435 g/mol. The first-order chi connectivity index (χ1) is 13.8. The molecule has 1 aliphatic rings. The number of carbonyl (C=O) groups is 3. The van der Waals surface area contributed by atoms with Crippen LogP contribution in [0.3, 0.4) is 0 Å². The van der Waals surface area contributed by atoms with Gasteiger partial charge in [0, 0.05) is 23.3 Å². The molecule has 2 aromatic carbocycles. The SMILES string of the molecule is CN1C(=O)[C@H](CC(=O)Nc2ccc(F)cc2)N(NC(=O)c2ccc(Cl)cc2)C1=S. The molecule has 7 nitrogen and oxygen atoms in total. The van der Waals surface area contributed by atoms with Gasteiger partial charge in [-0.15, -0.1) is 0 Å². The number of thiocarbonyl (C=S) groups is 1. The summed E-state index contributed by atoms with van der Waals surface area (Å²) in [5, 5.41) is 4.32. The van der Waals surface area contributed by atoms with Gasteiger partial charge in [-0.3, -0.25) is 24.7 Å². The van der Waals surface area contributed by atoms with Gasteiger partial charge < -0.3 is 5.32 Å². The molecule has 1 atom stereocenters. The highest BCUT2D eigenvalue weighted by molar-refractivity contribution is 7.80. The highest BCUT2D eigenvalue weighted by Crippen LogP contribution is 2.19. The van der Waals surface area contributed by atoms with Crippen LogP contribution in [0.5, 0.6) is 0 Å². The van der Waals surface area contributed by atoms with E-state index in [9.17, 15) is 18.8 Å². The Balaban J connectivity index is 1.72. The first kappa shape index (κ1) is 20.7. The minimum absolute atomic E-state index is 0.0666. The van der Waals surface area contributed by atoms with Crippen LogP contribution in [0.15, 0.2) is 48.5 Å². The Labute approximate surface area is 176 Å². The van der Waals surface area contributed by atoms with Crippen molar-refractivity contribution in [1.29, 1.82) is 0 Å². The molecule has 2 aromatic rings. The Hall–Kier alpha value is -3.04. The van der Waals surface area contributed by atoms with Crippen molar-refractivity contribution in [3.05, 3.63) is 64.9 Å². The molecule has 0 bridgehead atoms. The van der Waals surface area contributed by atoms with Crippen LogP contribution in [0.1, 0.15) is 16.8 Å². The highest BCUT2D eigenvalue weighted by atomic mass is 35.5. The molecule has 0 saturated carbocycles. The van der Waals surface area contributed by atoms with E-state index in [0.29, 0.717) is 16.3 Å². The van der Waals surface area contributed by atoms with Gasteiger partial charge in [0.2, 0.25) is 5.91 Å². The lowest BCUT2D eigenvalue weighted by Crippen LogP contribution is -2.49. The standard InChI is InChI=1S/C19H16ClFN4O3S/c1-24-18(28)15(10-16(26)22-14-8-6-13(21)7-9-14)25(19(24)29)23-17(27)11-2-4-12(20)5-3-11/h2-9,15H,10H2,1H3,(H,22,26)(H,23,27)/t15-/m0/s1. The van der Waals surface area contributed by atoms with Crippen molar-refractivity contribution in [3.63, 3.8) is 0 Å². The van der Waals surface area contributed by atoms with E-state index in [1.54, 1.807) is 12.1 Å². The maximum absolute atomic E-state index is 13.0. The van der Waals surface area contributed by atoms with Crippen LogP contribution in [-0.4, -0.2) is 45.8 Å². The summed E-state index contributed by atoms with van der Waals surface area (Å²) in [7, 11) is 1.46. The summed E-state index contributed by atoms with van der Waals surface area (Å²) in [6.07, 6.45) is -0.262. The first-order valence-corrected chi connectivity index (χ1v) is 9.27. The van der Waals surface area contributed by atoms with Gasteiger partial charge in [-0.25, -0.2) is 9.40 Å². The van der Waals surface area contributed by atoms with Crippen molar-refractivity contribution in [3.8, 4) is 0 Å². The molecule has 10 heteroatoms. The maximum Gasteiger partial charge on any atom is 0.269 e. The molecule has 1 fully saturated rings. The fourth-order valence-electron chi connectivity index (χ4n) is 2.72. The zero-order valence-corrected chi connectivity index (χ0v) is 16.8. The van der Waals surface area contributed by atoms with E-state index in [4.69, 9.17) is 23.8 Å². The molecule has 1 heterocycles. The number of benzene rings is 2. The second-order valence-corrected chi connectivity index (χ2v) is 7.07. The van der Waals surface area contributed by atoms with Gasteiger partial charge in [0.15, 0.2) is 5.11 Å². The Kier molecular flexibility index (Phi) is 6.09. The number of likely N-dealkylation sites (N-methyl/N-ethyl adjacent to an activating group) is 1. The first-order valence-electron chi connectivity index (χ1n) is 8.49. The summed E-state index contributed by atoms with van der Waals surface area (Å²) in [5.74, 6) is -1.85. The van der Waals surface area contributed by atoms with Gasteiger partial charge in [0.25, 0.3) is 11.8 Å². The lowest BCUT2D eigenvalue weighted by Gasteiger charge is -2.24. The van der Waals surface area contributed by atoms with Gasteiger partial charge in [-0.2, -0.15) is 0 Å². The van der Waals surface area contributed by atoms with Crippen LogP contribution in [-0.2, 0) is 9.59 Å². The number of hydrogen-bond acceptors (Lipinski definition) is 4. The largest absolute Gasteiger partial charge is 0.326 e. The predicted octanol–water partition coefficient (Wildman–Crippen LogP) is 2.58. The Bertz CT molecular complexity index is 968. The van der Waals surface area contributed by atoms with Crippen molar-refractivity contribution >= 4 is 52.3 Å². The summed E-state index contributed by atoms with van der Waals surface area (Å²) in [6.45, 7) is 0. The Morgan fingerprint density at radius 1 is 1.14 bits per heavy atom. The Morgan fingerprint density at radius 2 is 1.76 bits per heavy atom. The van der Waals surface area contributed by atoms with Crippen molar-refractivity contribution in [2.45, 2.75) is 12.5 Å². The minimum atomic E-state index is -1.01. The number of rotatable bonds is 5. The second kappa shape index (κ2) is 8.54. The van der Waals surface area contributed by atoms with Crippen LogP contribution in [0.4, 0.5) is 10.1 Å². The van der Waals surface area contributed by atoms with E-state index in [2.05, 4.69) is 10.7 Å². The fraction of sp³-hybridized carbons (Fsp3) is 0.158. The monoisotopic (exact) mass is 434 g/mol. The third-order valence-corrected chi connectivity index (χ3v) is 4.98. The summed E-state index contributed by atoms with van der Waals surface area (Å²) < 4.78 is 13.0. The fourth-order valence-corrected chi connectivity index (χ4v) is 3.11. The maximum atomic E-state index is 13.0. The summed E-state index contributed by atoms with van der Waals surface area (Å²) >= 11 is 11.0. The summed E-state index contributed by atoms with van der Waals surface area (Å²) in [5.41, 5.74) is 3.27. The molecular formula is C19H16ClFN4O3S. The van der Waals surface area contributed by atoms with Crippen LogP contribution in [0.25, 0.3) is 0 Å². The molecule has 2 N–H and O–H groups in total. The Morgan fingerprint density at radius 3 is 2.38 bits per heavy atom. The topological polar surface area (TPSA) is 81.8 Å². The second-order valence-electron chi connectivity index (χ2n) is 6.27. The number of nitrogens with one attached hydrogen (secondary N) is 2. The van der Waals surface area contributed by atoms with E-state index >= 15 is 0 Å². The molecule has 0 aromatic heterocycles. The zero-order valence-electron chi connectivity index (χ0n) is 15.2. The van der Waals surface area contributed by atoms with E-state index in [0.717, 1.165) is 0 Å². The van der Waals surface area contributed by atoms with E-state index in [-0.39, 0.29) is 11.5 Å². The minimum Gasteiger partial charge on any atom is -0.326 e. The molecule has 3 amide bonds. The lowest BCUT2D eigenvalue weighted by molar-refractivity contribution is -0.130. The summed E-state index contributed by atoms with van der Waals surface area (Å²) in [4.78, 5) is 38.6. The number of hydrogen-bond donors (Lipinski definition) is 2. The molecule has 0 aliphatic carbocycles. The normalized spacial score (nSPS) is 16.2. The van der Waals surface area contributed by atoms with Crippen molar-refractivity contribution in [2.75, 3.05) is 12.4 Å². The number of amides is 3. The third kappa shape index (κ3) is 4.69. The van der Waals surface area contributed by atoms with Gasteiger partial charge >= 0.3 is 0 Å². The summed E-state index contributed by atoms with van der Waals surface area (Å²) in [6, 6.07) is 10.4. The van der Waals surface area contributed by atoms with Crippen molar-refractivity contribution < 1.29 is 18.8 Å². The average Bonchev–Trinajstić information content (AvgIpc) is 2.88. The molecule has 3 rings (SSSR count). The third-order valence-electron chi connectivity index (χ3n) is 4.26. The van der Waals surface area contributed by atoms with Crippen LogP contribution in [0.2, 0.25) is 5.02 Å². The van der Waals surface area contributed by atoms with Crippen molar-refractivity contribution in [2.24, 2.45) is 0 Å². The van der Waals surface area contributed by atoms with E-state index in [1.165, 1.54) is 53.4 Å². The lowest BCUT2D eigenvalue weighted by atomic mass is 10.2. The smallest absolute Gasteiger partial charge is 0.269 e.